The maximum atomic E-state index is 12.5. The Balaban J connectivity index is 1.55. The number of carbonyl (C=O) groups is 1. The minimum Gasteiger partial charge on any atom is -0.355 e. The molecule has 0 radical (unpaired) electrons. The van der Waals surface area contributed by atoms with E-state index in [1.165, 1.54) is 42.4 Å². The van der Waals surface area contributed by atoms with Crippen LogP contribution in [0, 0.1) is 0 Å². The molecular formula is C19H25NO. The molecule has 0 unspecified atom stereocenters. The molecule has 1 amide bonds. The van der Waals surface area contributed by atoms with E-state index in [1.807, 2.05) is 0 Å². The number of allylic oxidation sites excluding steroid dienone is 1. The van der Waals surface area contributed by atoms with E-state index in [4.69, 9.17) is 0 Å². The fourth-order valence-electron chi connectivity index (χ4n) is 3.63. The van der Waals surface area contributed by atoms with Crippen LogP contribution in [0.3, 0.4) is 0 Å². The first-order chi connectivity index (χ1) is 10.3. The molecule has 3 rings (SSSR count). The van der Waals surface area contributed by atoms with Gasteiger partial charge in [-0.15, -0.1) is 0 Å². The van der Waals surface area contributed by atoms with Crippen molar-refractivity contribution in [3.63, 3.8) is 0 Å². The zero-order chi connectivity index (χ0) is 14.5. The highest BCUT2D eigenvalue weighted by Crippen LogP contribution is 2.31. The second kappa shape index (κ2) is 6.93. The lowest BCUT2D eigenvalue weighted by Gasteiger charge is -2.24. The molecule has 1 atom stereocenters. The molecule has 0 saturated heterocycles. The van der Waals surface area contributed by atoms with Gasteiger partial charge in [0.2, 0.25) is 5.91 Å². The second-order valence-corrected chi connectivity index (χ2v) is 6.29. The van der Waals surface area contributed by atoms with E-state index in [2.05, 4.69) is 35.7 Å². The summed E-state index contributed by atoms with van der Waals surface area (Å²) in [6.07, 6.45) is 11.7. The van der Waals surface area contributed by atoms with Gasteiger partial charge in [-0.3, -0.25) is 4.79 Å². The van der Waals surface area contributed by atoms with Crippen LogP contribution >= 0.6 is 0 Å². The van der Waals surface area contributed by atoms with Crippen LogP contribution in [0.25, 0.3) is 0 Å². The smallest absolute Gasteiger partial charge is 0.227 e. The van der Waals surface area contributed by atoms with Crippen LogP contribution < -0.4 is 5.32 Å². The molecule has 2 aliphatic rings. The van der Waals surface area contributed by atoms with Gasteiger partial charge in [0.05, 0.1) is 5.92 Å². The van der Waals surface area contributed by atoms with Crippen molar-refractivity contribution in [3.8, 4) is 0 Å². The summed E-state index contributed by atoms with van der Waals surface area (Å²) in [5, 5.41) is 3.16. The highest BCUT2D eigenvalue weighted by atomic mass is 16.1. The van der Waals surface area contributed by atoms with Crippen LogP contribution in [0.2, 0.25) is 0 Å². The minimum atomic E-state index is 0.0651. The first-order valence-electron chi connectivity index (χ1n) is 8.38. The normalized spacial score (nSPS) is 21.3. The Labute approximate surface area is 127 Å². The van der Waals surface area contributed by atoms with Gasteiger partial charge in [0.1, 0.15) is 0 Å². The average molecular weight is 283 g/mol. The van der Waals surface area contributed by atoms with Gasteiger partial charge < -0.3 is 5.32 Å². The molecule has 21 heavy (non-hydrogen) atoms. The molecule has 0 fully saturated rings. The van der Waals surface area contributed by atoms with Crippen molar-refractivity contribution in [3.05, 3.63) is 47.0 Å². The maximum absolute atomic E-state index is 12.5. The summed E-state index contributed by atoms with van der Waals surface area (Å²) in [5.74, 6) is 0.286. The van der Waals surface area contributed by atoms with Gasteiger partial charge >= 0.3 is 0 Å². The molecule has 2 heteroatoms. The lowest BCUT2D eigenvalue weighted by Crippen LogP contribution is -2.32. The predicted octanol–water partition coefficient (Wildman–Crippen LogP) is 4.11. The standard InChI is InChI=1S/C19H25NO/c21-19(20-14-13-15-7-2-1-3-8-15)18-12-6-10-16-9-4-5-11-17(16)18/h4-5,7,9,11,18H,1-3,6,8,10,12-14H2,(H,20,21)/t18-/m1/s1. The van der Waals surface area contributed by atoms with E-state index < -0.39 is 0 Å². The summed E-state index contributed by atoms with van der Waals surface area (Å²) in [5.41, 5.74) is 4.14. The monoisotopic (exact) mass is 283 g/mol. The molecular weight excluding hydrogens is 258 g/mol. The van der Waals surface area contributed by atoms with Gasteiger partial charge in [0.25, 0.3) is 0 Å². The molecule has 112 valence electrons. The van der Waals surface area contributed by atoms with E-state index >= 15 is 0 Å². The number of fused-ring (bicyclic) bond motifs is 1. The van der Waals surface area contributed by atoms with Crippen molar-refractivity contribution in [1.29, 1.82) is 0 Å². The van der Waals surface area contributed by atoms with Gasteiger partial charge in [-0.25, -0.2) is 0 Å². The fraction of sp³-hybridized carbons (Fsp3) is 0.526. The second-order valence-electron chi connectivity index (χ2n) is 6.29. The zero-order valence-electron chi connectivity index (χ0n) is 12.7. The molecule has 0 aliphatic heterocycles. The van der Waals surface area contributed by atoms with Gasteiger partial charge in [0.15, 0.2) is 0 Å². The Bertz CT molecular complexity index is 532. The molecule has 0 saturated carbocycles. The third-order valence-electron chi connectivity index (χ3n) is 4.82. The Morgan fingerprint density at radius 3 is 2.90 bits per heavy atom. The molecule has 2 aliphatic carbocycles. The van der Waals surface area contributed by atoms with Crippen molar-refractivity contribution in [2.45, 2.75) is 57.3 Å². The zero-order valence-corrected chi connectivity index (χ0v) is 12.7. The Morgan fingerprint density at radius 2 is 2.05 bits per heavy atom. The summed E-state index contributed by atoms with van der Waals surface area (Å²) < 4.78 is 0. The van der Waals surface area contributed by atoms with Crippen molar-refractivity contribution in [2.24, 2.45) is 0 Å². The third-order valence-corrected chi connectivity index (χ3v) is 4.82. The molecule has 1 N–H and O–H groups in total. The molecule has 2 nitrogen and oxygen atoms in total. The van der Waals surface area contributed by atoms with Crippen LogP contribution in [-0.4, -0.2) is 12.5 Å². The first kappa shape index (κ1) is 14.4. The van der Waals surface area contributed by atoms with Gasteiger partial charge in [-0.2, -0.15) is 0 Å². The van der Waals surface area contributed by atoms with Crippen molar-refractivity contribution >= 4 is 5.91 Å². The number of benzene rings is 1. The van der Waals surface area contributed by atoms with Crippen LogP contribution in [0.1, 0.15) is 62.0 Å². The third kappa shape index (κ3) is 3.55. The molecule has 1 aromatic carbocycles. The van der Waals surface area contributed by atoms with Gasteiger partial charge in [0, 0.05) is 6.54 Å². The number of amides is 1. The van der Waals surface area contributed by atoms with E-state index in [9.17, 15) is 4.79 Å². The first-order valence-corrected chi connectivity index (χ1v) is 8.38. The number of carbonyl (C=O) groups excluding carboxylic acids is 1. The summed E-state index contributed by atoms with van der Waals surface area (Å²) in [6.45, 7) is 0.795. The van der Waals surface area contributed by atoms with Crippen LogP contribution in [0.4, 0.5) is 0 Å². The van der Waals surface area contributed by atoms with Gasteiger partial charge in [-0.05, 0) is 62.5 Å². The summed E-state index contributed by atoms with van der Waals surface area (Å²) in [7, 11) is 0. The number of hydrogen-bond acceptors (Lipinski definition) is 1. The van der Waals surface area contributed by atoms with Crippen molar-refractivity contribution in [2.75, 3.05) is 6.54 Å². The SMILES string of the molecule is O=C(NCCC1=CCCCC1)[C@@H]1CCCc2ccccc21. The number of rotatable bonds is 4. The lowest BCUT2D eigenvalue weighted by molar-refractivity contribution is -0.122. The van der Waals surface area contributed by atoms with Crippen molar-refractivity contribution in [1.82, 2.24) is 5.32 Å². The molecule has 0 heterocycles. The van der Waals surface area contributed by atoms with Crippen LogP contribution in [0.15, 0.2) is 35.9 Å². The van der Waals surface area contributed by atoms with Gasteiger partial charge in [-0.1, -0.05) is 35.9 Å². The van der Waals surface area contributed by atoms with Crippen LogP contribution in [-0.2, 0) is 11.2 Å². The minimum absolute atomic E-state index is 0.0651. The Hall–Kier alpha value is -1.57. The summed E-state index contributed by atoms with van der Waals surface area (Å²) in [4.78, 5) is 12.5. The average Bonchev–Trinajstić information content (AvgIpc) is 2.55. The van der Waals surface area contributed by atoms with Crippen LogP contribution in [0.5, 0.6) is 0 Å². The number of hydrogen-bond donors (Lipinski definition) is 1. The van der Waals surface area contributed by atoms with E-state index in [0.29, 0.717) is 0 Å². The maximum Gasteiger partial charge on any atom is 0.227 e. The lowest BCUT2D eigenvalue weighted by atomic mass is 9.82. The summed E-state index contributed by atoms with van der Waals surface area (Å²) >= 11 is 0. The van der Waals surface area contributed by atoms with E-state index in [0.717, 1.165) is 32.2 Å². The summed E-state index contributed by atoms with van der Waals surface area (Å²) in [6, 6.07) is 8.43. The highest BCUT2D eigenvalue weighted by Gasteiger charge is 2.25. The fourth-order valence-corrected chi connectivity index (χ4v) is 3.63. The molecule has 0 aromatic heterocycles. The molecule has 0 bridgehead atoms. The largest absolute Gasteiger partial charge is 0.355 e. The predicted molar refractivity (Wildman–Crippen MR) is 86.3 cm³/mol. The van der Waals surface area contributed by atoms with Crippen molar-refractivity contribution < 1.29 is 4.79 Å². The van der Waals surface area contributed by atoms with E-state index in [-0.39, 0.29) is 11.8 Å². The Kier molecular flexibility index (Phi) is 4.74. The topological polar surface area (TPSA) is 29.1 Å². The Morgan fingerprint density at radius 1 is 1.14 bits per heavy atom. The quantitative estimate of drug-likeness (QED) is 0.828. The van der Waals surface area contributed by atoms with E-state index in [1.54, 1.807) is 0 Å². The number of nitrogens with one attached hydrogen (secondary N) is 1. The number of aryl methyl sites for hydroxylation is 1. The molecule has 0 spiro atoms. The highest BCUT2D eigenvalue weighted by molar-refractivity contribution is 5.84. The molecule has 1 aromatic rings.